The highest BCUT2D eigenvalue weighted by Gasteiger charge is 2.05. The molecule has 0 aliphatic rings. The molecule has 60 valence electrons. The Kier molecular flexibility index (Phi) is 3.19. The number of hydrogen-bond acceptors (Lipinski definition) is 1. The van der Waals surface area contributed by atoms with Crippen LogP contribution in [0.15, 0.2) is 16.6 Å². The predicted molar refractivity (Wildman–Crippen MR) is 52.1 cm³/mol. The third-order valence-corrected chi connectivity index (χ3v) is 3.15. The minimum Gasteiger partial charge on any atom is -0.326 e. The highest BCUT2D eigenvalue weighted by molar-refractivity contribution is 9.10. The summed E-state index contributed by atoms with van der Waals surface area (Å²) in [4.78, 5) is 0. The molecule has 0 unspecified atom stereocenters. The van der Waals surface area contributed by atoms with Crippen molar-refractivity contribution in [1.82, 2.24) is 0 Å². The minimum atomic E-state index is 0.409. The molecule has 2 N–H and O–H groups in total. The molecule has 0 spiro atoms. The first-order chi connectivity index (χ1) is 5.16. The minimum absolute atomic E-state index is 0.409. The lowest BCUT2D eigenvalue weighted by Gasteiger charge is -2.03. The molecule has 0 saturated heterocycles. The molecule has 4 heteroatoms. The summed E-state index contributed by atoms with van der Waals surface area (Å²) in [6, 6.07) is 3.68. The quantitative estimate of drug-likeness (QED) is 0.766. The zero-order valence-corrected chi connectivity index (χ0v) is 8.67. The summed E-state index contributed by atoms with van der Waals surface area (Å²) in [5.74, 6) is 0. The van der Waals surface area contributed by atoms with Crippen LogP contribution < -0.4 is 5.73 Å². The van der Waals surface area contributed by atoms with Gasteiger partial charge < -0.3 is 5.73 Å². The Balaban J connectivity index is 3.25. The van der Waals surface area contributed by atoms with Crippen molar-refractivity contribution in [3.05, 3.63) is 32.2 Å². The van der Waals surface area contributed by atoms with Gasteiger partial charge in [0, 0.05) is 11.0 Å². The molecule has 11 heavy (non-hydrogen) atoms. The van der Waals surface area contributed by atoms with E-state index in [0.717, 1.165) is 10.0 Å². The van der Waals surface area contributed by atoms with E-state index in [9.17, 15) is 0 Å². The molecule has 0 aliphatic carbocycles. The Morgan fingerprint density at radius 3 is 2.45 bits per heavy atom. The Morgan fingerprint density at radius 1 is 1.27 bits per heavy atom. The van der Waals surface area contributed by atoms with E-state index in [-0.39, 0.29) is 0 Å². The van der Waals surface area contributed by atoms with E-state index in [1.54, 1.807) is 0 Å². The standard InChI is InChI=1S/C7H6BrCl2N/c8-5-2-1-4(3-11)6(9)7(5)10/h1-2H,3,11H2. The maximum absolute atomic E-state index is 5.86. The van der Waals surface area contributed by atoms with Gasteiger partial charge in [0.15, 0.2) is 0 Å². The molecule has 0 fully saturated rings. The van der Waals surface area contributed by atoms with E-state index in [4.69, 9.17) is 28.9 Å². The monoisotopic (exact) mass is 253 g/mol. The van der Waals surface area contributed by atoms with Crippen LogP contribution in [-0.4, -0.2) is 0 Å². The van der Waals surface area contributed by atoms with Gasteiger partial charge in [0.05, 0.1) is 10.0 Å². The average Bonchev–Trinajstić information content (AvgIpc) is 2.01. The molecule has 1 aromatic carbocycles. The lowest BCUT2D eigenvalue weighted by molar-refractivity contribution is 1.07. The van der Waals surface area contributed by atoms with E-state index >= 15 is 0 Å². The molecule has 1 nitrogen and oxygen atoms in total. The van der Waals surface area contributed by atoms with Crippen LogP contribution in [0, 0.1) is 0 Å². The van der Waals surface area contributed by atoms with Gasteiger partial charge in [0.1, 0.15) is 0 Å². The fraction of sp³-hybridized carbons (Fsp3) is 0.143. The summed E-state index contributed by atoms with van der Waals surface area (Å²) in [6.45, 7) is 0.409. The van der Waals surface area contributed by atoms with Crippen molar-refractivity contribution >= 4 is 39.1 Å². The molecule has 1 aromatic rings. The first kappa shape index (κ1) is 9.33. The van der Waals surface area contributed by atoms with Gasteiger partial charge in [-0.05, 0) is 27.6 Å². The lowest BCUT2D eigenvalue weighted by atomic mass is 10.2. The van der Waals surface area contributed by atoms with Crippen molar-refractivity contribution in [3.8, 4) is 0 Å². The maximum Gasteiger partial charge on any atom is 0.0737 e. The molecule has 0 heterocycles. The number of rotatable bonds is 1. The normalized spacial score (nSPS) is 10.2. The molecule has 0 saturated carbocycles. The zero-order chi connectivity index (χ0) is 8.43. The summed E-state index contributed by atoms with van der Waals surface area (Å²) < 4.78 is 0.793. The van der Waals surface area contributed by atoms with Crippen molar-refractivity contribution in [2.75, 3.05) is 0 Å². The SMILES string of the molecule is NCc1ccc(Br)c(Cl)c1Cl. The van der Waals surface area contributed by atoms with Gasteiger partial charge in [-0.25, -0.2) is 0 Å². The van der Waals surface area contributed by atoms with E-state index in [1.807, 2.05) is 12.1 Å². The Hall–Kier alpha value is 0.240. The topological polar surface area (TPSA) is 26.0 Å². The third kappa shape index (κ3) is 1.88. The van der Waals surface area contributed by atoms with Crippen LogP contribution in [0.2, 0.25) is 10.0 Å². The fourth-order valence-electron chi connectivity index (χ4n) is 0.724. The van der Waals surface area contributed by atoms with Crippen LogP contribution in [0.1, 0.15) is 5.56 Å². The number of halogens is 3. The first-order valence-corrected chi connectivity index (χ1v) is 4.54. The van der Waals surface area contributed by atoms with Crippen LogP contribution >= 0.6 is 39.1 Å². The smallest absolute Gasteiger partial charge is 0.0737 e. The van der Waals surface area contributed by atoms with E-state index in [2.05, 4.69) is 15.9 Å². The highest BCUT2D eigenvalue weighted by atomic mass is 79.9. The Morgan fingerprint density at radius 2 is 1.91 bits per heavy atom. The summed E-state index contributed by atoms with van der Waals surface area (Å²) >= 11 is 14.9. The van der Waals surface area contributed by atoms with Gasteiger partial charge in [0.2, 0.25) is 0 Å². The van der Waals surface area contributed by atoms with Crippen molar-refractivity contribution in [1.29, 1.82) is 0 Å². The van der Waals surface area contributed by atoms with Crippen LogP contribution in [0.5, 0.6) is 0 Å². The van der Waals surface area contributed by atoms with E-state index < -0.39 is 0 Å². The molecule has 0 aromatic heterocycles. The molecule has 0 atom stereocenters. The Labute approximate surface area is 83.6 Å². The molecule has 0 aliphatic heterocycles. The van der Waals surface area contributed by atoms with Gasteiger partial charge in [-0.2, -0.15) is 0 Å². The van der Waals surface area contributed by atoms with Crippen LogP contribution in [0.4, 0.5) is 0 Å². The number of benzene rings is 1. The second-order valence-electron chi connectivity index (χ2n) is 2.04. The van der Waals surface area contributed by atoms with Crippen molar-refractivity contribution in [2.24, 2.45) is 5.73 Å². The van der Waals surface area contributed by atoms with E-state index in [1.165, 1.54) is 0 Å². The fourth-order valence-corrected chi connectivity index (χ4v) is 1.59. The first-order valence-electron chi connectivity index (χ1n) is 2.99. The van der Waals surface area contributed by atoms with Gasteiger partial charge in [-0.15, -0.1) is 0 Å². The lowest BCUT2D eigenvalue weighted by Crippen LogP contribution is -1.97. The van der Waals surface area contributed by atoms with Gasteiger partial charge in [-0.1, -0.05) is 29.3 Å². The zero-order valence-electron chi connectivity index (χ0n) is 5.57. The molecular weight excluding hydrogens is 249 g/mol. The van der Waals surface area contributed by atoms with E-state index in [0.29, 0.717) is 16.6 Å². The number of nitrogens with two attached hydrogens (primary N) is 1. The summed E-state index contributed by atoms with van der Waals surface area (Å²) in [5, 5.41) is 1.05. The Bertz CT molecular complexity index is 275. The maximum atomic E-state index is 5.86. The summed E-state index contributed by atoms with van der Waals surface area (Å²) in [6.07, 6.45) is 0. The largest absolute Gasteiger partial charge is 0.326 e. The average molecular weight is 255 g/mol. The molecular formula is C7H6BrCl2N. The molecule has 0 amide bonds. The van der Waals surface area contributed by atoms with Gasteiger partial charge >= 0.3 is 0 Å². The predicted octanol–water partition coefficient (Wildman–Crippen LogP) is 3.21. The summed E-state index contributed by atoms with van der Waals surface area (Å²) in [5.41, 5.74) is 6.27. The number of hydrogen-bond donors (Lipinski definition) is 1. The third-order valence-electron chi connectivity index (χ3n) is 1.34. The van der Waals surface area contributed by atoms with Crippen molar-refractivity contribution in [3.63, 3.8) is 0 Å². The van der Waals surface area contributed by atoms with Crippen LogP contribution in [0.25, 0.3) is 0 Å². The molecule has 0 radical (unpaired) electrons. The summed E-state index contributed by atoms with van der Waals surface area (Å²) in [7, 11) is 0. The van der Waals surface area contributed by atoms with Crippen molar-refractivity contribution in [2.45, 2.75) is 6.54 Å². The molecule has 1 rings (SSSR count). The van der Waals surface area contributed by atoms with Crippen LogP contribution in [-0.2, 0) is 6.54 Å². The second kappa shape index (κ2) is 3.76. The molecule has 0 bridgehead atoms. The van der Waals surface area contributed by atoms with Gasteiger partial charge in [0.25, 0.3) is 0 Å². The second-order valence-corrected chi connectivity index (χ2v) is 3.65. The van der Waals surface area contributed by atoms with Crippen LogP contribution in [0.3, 0.4) is 0 Å². The van der Waals surface area contributed by atoms with Gasteiger partial charge in [-0.3, -0.25) is 0 Å². The van der Waals surface area contributed by atoms with Crippen molar-refractivity contribution < 1.29 is 0 Å². The highest BCUT2D eigenvalue weighted by Crippen LogP contribution is 2.32.